The minimum absolute atomic E-state index is 0.320. The molecule has 2 aromatic carbocycles. The standard InChI is InChI=1S/C20H20N2O5/c1-3-25-17-10-6-7-11-18(17)26-13-19(23)27-14(2)20(24)22-16-9-5-4-8-15(16)12-21/h4-11,14H,3,13H2,1-2H3,(H,22,24)/t14-/m1/s1. The van der Waals surface area contributed by atoms with Crippen LogP contribution in [0.3, 0.4) is 0 Å². The van der Waals surface area contributed by atoms with Gasteiger partial charge in [0, 0.05) is 0 Å². The van der Waals surface area contributed by atoms with Gasteiger partial charge >= 0.3 is 5.97 Å². The fourth-order valence-electron chi connectivity index (χ4n) is 2.19. The topological polar surface area (TPSA) is 97.7 Å². The van der Waals surface area contributed by atoms with Crippen LogP contribution < -0.4 is 14.8 Å². The molecule has 1 atom stereocenters. The number of carbonyl (C=O) groups excluding carboxylic acids is 2. The van der Waals surface area contributed by atoms with Crippen LogP contribution in [0.1, 0.15) is 19.4 Å². The molecule has 0 saturated carbocycles. The fourth-order valence-corrected chi connectivity index (χ4v) is 2.19. The maximum absolute atomic E-state index is 12.2. The number of amides is 1. The van der Waals surface area contributed by atoms with Gasteiger partial charge in [0.25, 0.3) is 5.91 Å². The number of nitrogens with zero attached hydrogens (tertiary/aromatic N) is 1. The van der Waals surface area contributed by atoms with E-state index in [9.17, 15) is 9.59 Å². The zero-order chi connectivity index (χ0) is 19.6. The van der Waals surface area contributed by atoms with Gasteiger partial charge in [-0.25, -0.2) is 4.79 Å². The first-order valence-corrected chi connectivity index (χ1v) is 8.39. The number of hydrogen-bond donors (Lipinski definition) is 1. The van der Waals surface area contributed by atoms with Gasteiger partial charge in [-0.05, 0) is 38.1 Å². The van der Waals surface area contributed by atoms with Crippen molar-refractivity contribution in [3.63, 3.8) is 0 Å². The van der Waals surface area contributed by atoms with Crippen molar-refractivity contribution in [2.24, 2.45) is 0 Å². The molecule has 0 aliphatic carbocycles. The second-order valence-corrected chi connectivity index (χ2v) is 5.45. The summed E-state index contributed by atoms with van der Waals surface area (Å²) in [5.74, 6) is -0.304. The molecule has 0 heterocycles. The maximum atomic E-state index is 12.2. The summed E-state index contributed by atoms with van der Waals surface area (Å²) in [6.07, 6.45) is -1.05. The summed E-state index contributed by atoms with van der Waals surface area (Å²) in [7, 11) is 0. The third kappa shape index (κ3) is 5.75. The van der Waals surface area contributed by atoms with Crippen molar-refractivity contribution in [2.45, 2.75) is 20.0 Å². The lowest BCUT2D eigenvalue weighted by Gasteiger charge is -2.15. The van der Waals surface area contributed by atoms with E-state index in [1.54, 1.807) is 48.5 Å². The number of carbonyl (C=O) groups is 2. The Morgan fingerprint density at radius 1 is 1.07 bits per heavy atom. The smallest absolute Gasteiger partial charge is 0.344 e. The van der Waals surface area contributed by atoms with E-state index in [2.05, 4.69) is 5.32 Å². The Kier molecular flexibility index (Phi) is 7.20. The molecule has 0 aliphatic heterocycles. The molecule has 7 heteroatoms. The number of anilines is 1. The molecule has 0 unspecified atom stereocenters. The molecule has 0 radical (unpaired) electrons. The molecule has 1 N–H and O–H groups in total. The van der Waals surface area contributed by atoms with Crippen molar-refractivity contribution in [2.75, 3.05) is 18.5 Å². The molecular formula is C20H20N2O5. The number of para-hydroxylation sites is 3. The summed E-state index contributed by atoms with van der Waals surface area (Å²) in [5.41, 5.74) is 0.676. The van der Waals surface area contributed by atoms with Crippen LogP contribution in [0.15, 0.2) is 48.5 Å². The molecule has 1 amide bonds. The highest BCUT2D eigenvalue weighted by Gasteiger charge is 2.19. The normalized spacial score (nSPS) is 11.0. The molecule has 0 fully saturated rings. The summed E-state index contributed by atoms with van der Waals surface area (Å²) in [6.45, 7) is 3.38. The predicted molar refractivity (Wildman–Crippen MR) is 98.4 cm³/mol. The Morgan fingerprint density at radius 3 is 2.37 bits per heavy atom. The van der Waals surface area contributed by atoms with E-state index in [4.69, 9.17) is 19.5 Å². The van der Waals surface area contributed by atoms with Gasteiger partial charge in [0.1, 0.15) is 6.07 Å². The van der Waals surface area contributed by atoms with Gasteiger partial charge in [-0.3, -0.25) is 4.79 Å². The summed E-state index contributed by atoms with van der Waals surface area (Å²) >= 11 is 0. The van der Waals surface area contributed by atoms with Crippen LogP contribution in [0.5, 0.6) is 11.5 Å². The summed E-state index contributed by atoms with van der Waals surface area (Å²) in [4.78, 5) is 24.1. The molecule has 140 valence electrons. The minimum Gasteiger partial charge on any atom is -0.490 e. The quantitative estimate of drug-likeness (QED) is 0.720. The zero-order valence-electron chi connectivity index (χ0n) is 15.1. The number of benzene rings is 2. The van der Waals surface area contributed by atoms with Crippen LogP contribution in [0.2, 0.25) is 0 Å². The Balaban J connectivity index is 1.88. The lowest BCUT2D eigenvalue weighted by Crippen LogP contribution is -2.31. The molecule has 7 nitrogen and oxygen atoms in total. The summed E-state index contributed by atoms with van der Waals surface area (Å²) in [6, 6.07) is 15.5. The molecule has 0 aliphatic rings. The summed E-state index contributed by atoms with van der Waals surface area (Å²) < 4.78 is 15.9. The third-order valence-electron chi connectivity index (χ3n) is 3.48. The van der Waals surface area contributed by atoms with Gasteiger partial charge < -0.3 is 19.5 Å². The first kappa shape index (κ1) is 19.8. The van der Waals surface area contributed by atoms with E-state index >= 15 is 0 Å². The van der Waals surface area contributed by atoms with E-state index in [1.165, 1.54) is 6.92 Å². The molecule has 2 rings (SSSR count). The van der Waals surface area contributed by atoms with Gasteiger partial charge in [0.05, 0.1) is 17.9 Å². The van der Waals surface area contributed by atoms with Crippen molar-refractivity contribution < 1.29 is 23.8 Å². The molecule has 2 aromatic rings. The number of hydrogen-bond acceptors (Lipinski definition) is 6. The Bertz CT molecular complexity index is 844. The van der Waals surface area contributed by atoms with Crippen LogP contribution in [0.4, 0.5) is 5.69 Å². The van der Waals surface area contributed by atoms with Crippen molar-refractivity contribution in [1.29, 1.82) is 5.26 Å². The Labute approximate surface area is 157 Å². The average molecular weight is 368 g/mol. The number of nitriles is 1. The highest BCUT2D eigenvalue weighted by atomic mass is 16.6. The second-order valence-electron chi connectivity index (χ2n) is 5.45. The zero-order valence-corrected chi connectivity index (χ0v) is 15.1. The highest BCUT2D eigenvalue weighted by Crippen LogP contribution is 2.26. The van der Waals surface area contributed by atoms with Gasteiger partial charge in [-0.2, -0.15) is 5.26 Å². The van der Waals surface area contributed by atoms with Gasteiger partial charge in [-0.1, -0.05) is 24.3 Å². The first-order chi connectivity index (χ1) is 13.0. The number of rotatable bonds is 8. The third-order valence-corrected chi connectivity index (χ3v) is 3.48. The molecule has 0 saturated heterocycles. The molecular weight excluding hydrogens is 348 g/mol. The van der Waals surface area contributed by atoms with E-state index in [-0.39, 0.29) is 6.61 Å². The van der Waals surface area contributed by atoms with Crippen LogP contribution >= 0.6 is 0 Å². The molecule has 0 spiro atoms. The lowest BCUT2D eigenvalue weighted by molar-refractivity contribution is -0.155. The maximum Gasteiger partial charge on any atom is 0.344 e. The SMILES string of the molecule is CCOc1ccccc1OCC(=O)O[C@H](C)C(=O)Nc1ccccc1C#N. The van der Waals surface area contributed by atoms with E-state index in [0.29, 0.717) is 29.4 Å². The van der Waals surface area contributed by atoms with Crippen molar-refractivity contribution in [3.8, 4) is 17.6 Å². The fraction of sp³-hybridized carbons (Fsp3) is 0.250. The lowest BCUT2D eigenvalue weighted by atomic mass is 10.2. The van der Waals surface area contributed by atoms with Crippen LogP contribution in [-0.2, 0) is 14.3 Å². The molecule has 27 heavy (non-hydrogen) atoms. The minimum atomic E-state index is -1.05. The Hall–Kier alpha value is -3.53. The van der Waals surface area contributed by atoms with Crippen LogP contribution in [0, 0.1) is 11.3 Å². The van der Waals surface area contributed by atoms with Crippen LogP contribution in [-0.4, -0.2) is 31.2 Å². The monoisotopic (exact) mass is 368 g/mol. The molecule has 0 aromatic heterocycles. The van der Waals surface area contributed by atoms with E-state index < -0.39 is 18.0 Å². The highest BCUT2D eigenvalue weighted by molar-refractivity contribution is 5.96. The van der Waals surface area contributed by atoms with Crippen molar-refractivity contribution >= 4 is 17.6 Å². The number of esters is 1. The van der Waals surface area contributed by atoms with Gasteiger partial charge in [-0.15, -0.1) is 0 Å². The Morgan fingerprint density at radius 2 is 1.70 bits per heavy atom. The van der Waals surface area contributed by atoms with Gasteiger partial charge in [0.15, 0.2) is 24.2 Å². The number of ether oxygens (including phenoxy) is 3. The summed E-state index contributed by atoms with van der Waals surface area (Å²) in [5, 5.41) is 11.6. The van der Waals surface area contributed by atoms with Gasteiger partial charge in [0.2, 0.25) is 0 Å². The van der Waals surface area contributed by atoms with E-state index in [1.807, 2.05) is 13.0 Å². The second kappa shape index (κ2) is 9.82. The van der Waals surface area contributed by atoms with Crippen molar-refractivity contribution in [1.82, 2.24) is 0 Å². The van der Waals surface area contributed by atoms with Crippen molar-refractivity contribution in [3.05, 3.63) is 54.1 Å². The van der Waals surface area contributed by atoms with E-state index in [0.717, 1.165) is 0 Å². The first-order valence-electron chi connectivity index (χ1n) is 8.39. The largest absolute Gasteiger partial charge is 0.490 e. The molecule has 0 bridgehead atoms. The number of nitrogens with one attached hydrogen (secondary N) is 1. The van der Waals surface area contributed by atoms with Crippen LogP contribution in [0.25, 0.3) is 0 Å². The average Bonchev–Trinajstić information content (AvgIpc) is 2.68. The predicted octanol–water partition coefficient (Wildman–Crippen LogP) is 2.91.